The number of carbonyl (C=O) groups is 1. The zero-order chi connectivity index (χ0) is 33.1. The molecule has 242 valence electrons. The molecule has 3 heterocycles. The number of fused-ring (bicyclic) bond motifs is 2. The molecule has 0 bridgehead atoms. The number of pyridine rings is 3. The van der Waals surface area contributed by atoms with Crippen LogP contribution >= 0.6 is 17.2 Å². The maximum atomic E-state index is 14.4. The Morgan fingerprint density at radius 1 is 0.688 bits per heavy atom. The van der Waals surface area contributed by atoms with Crippen LogP contribution in [0.3, 0.4) is 0 Å². The molecule has 1 aliphatic rings. The van der Waals surface area contributed by atoms with E-state index in [0.717, 1.165) is 11.1 Å². The Morgan fingerprint density at radius 2 is 1.19 bits per heavy atom. The van der Waals surface area contributed by atoms with Crippen LogP contribution < -0.4 is 22.6 Å². The lowest BCUT2D eigenvalue weighted by Gasteiger charge is -2.25. The zero-order valence-electron chi connectivity index (χ0n) is 26.1. The van der Waals surface area contributed by atoms with Crippen LogP contribution in [0.5, 0.6) is 28.7 Å². The van der Waals surface area contributed by atoms with Crippen molar-refractivity contribution in [2.45, 2.75) is 26.7 Å². The summed E-state index contributed by atoms with van der Waals surface area (Å²) in [4.78, 5) is 26.8. The summed E-state index contributed by atoms with van der Waals surface area (Å²) in [5, 5.41) is 0. The first-order valence-corrected chi connectivity index (χ1v) is 17.3. The van der Waals surface area contributed by atoms with Gasteiger partial charge in [-0.05, 0) is 79.1 Å². The standard InChI is InChI=1S/C36H31N3O7P2/c1-3-5-13-28(4-2)41-47(42-29-14-8-19-37-23-29)45-32-17-6-11-26-22-27-12-7-18-33(35(27)36(40)34(26)32)46-48(43-30-15-9-20-38-24-30)44-31-16-10-21-39-25-31/h3,5-21,23-25H,4,22H2,1-2H3/b5-3-,28-13+. The Balaban J connectivity index is 1.32. The lowest BCUT2D eigenvalue weighted by molar-refractivity contribution is 0.103. The van der Waals surface area contributed by atoms with Gasteiger partial charge in [0.2, 0.25) is 5.78 Å². The average Bonchev–Trinajstić information content (AvgIpc) is 3.11. The van der Waals surface area contributed by atoms with Crippen molar-refractivity contribution in [1.29, 1.82) is 0 Å². The van der Waals surface area contributed by atoms with Gasteiger partial charge in [-0.3, -0.25) is 19.7 Å². The first-order valence-electron chi connectivity index (χ1n) is 15.1. The molecular weight excluding hydrogens is 648 g/mol. The van der Waals surface area contributed by atoms with E-state index in [1.165, 1.54) is 0 Å². The highest BCUT2D eigenvalue weighted by Crippen LogP contribution is 2.49. The van der Waals surface area contributed by atoms with Gasteiger partial charge in [-0.15, -0.1) is 0 Å². The Morgan fingerprint density at radius 3 is 1.65 bits per heavy atom. The summed E-state index contributed by atoms with van der Waals surface area (Å²) in [5.74, 6) is 2.39. The van der Waals surface area contributed by atoms with Crippen LogP contribution in [0.1, 0.15) is 47.3 Å². The Labute approximate surface area is 281 Å². The summed E-state index contributed by atoms with van der Waals surface area (Å²) in [6.45, 7) is 3.90. The molecule has 0 saturated heterocycles. The average molecular weight is 680 g/mol. The first-order chi connectivity index (χ1) is 23.6. The van der Waals surface area contributed by atoms with Gasteiger partial charge in [0.15, 0.2) is 0 Å². The molecule has 1 unspecified atom stereocenters. The smallest absolute Gasteiger partial charge is 0.413 e. The maximum absolute atomic E-state index is 14.4. The maximum Gasteiger partial charge on any atom is 0.530 e. The van der Waals surface area contributed by atoms with Crippen LogP contribution in [0, 0.1) is 0 Å². The monoisotopic (exact) mass is 679 g/mol. The molecule has 1 aliphatic carbocycles. The molecule has 0 spiro atoms. The molecule has 6 rings (SSSR count). The lowest BCUT2D eigenvalue weighted by Crippen LogP contribution is -2.18. The number of ketones is 1. The predicted octanol–water partition coefficient (Wildman–Crippen LogP) is 9.34. The summed E-state index contributed by atoms with van der Waals surface area (Å²) >= 11 is 0. The number of carbonyl (C=O) groups excluding carboxylic acids is 1. The first kappa shape index (κ1) is 32.6. The van der Waals surface area contributed by atoms with E-state index < -0.39 is 17.2 Å². The largest absolute Gasteiger partial charge is 0.530 e. The van der Waals surface area contributed by atoms with E-state index in [1.54, 1.807) is 85.7 Å². The number of hydrogen-bond acceptors (Lipinski definition) is 10. The summed E-state index contributed by atoms with van der Waals surface area (Å²) in [7, 11) is -4.11. The molecule has 0 fully saturated rings. The van der Waals surface area contributed by atoms with Crippen molar-refractivity contribution >= 4 is 23.0 Å². The van der Waals surface area contributed by atoms with E-state index in [9.17, 15) is 4.79 Å². The van der Waals surface area contributed by atoms with Crippen LogP contribution in [0.15, 0.2) is 134 Å². The van der Waals surface area contributed by atoms with Gasteiger partial charge in [0.05, 0.1) is 29.7 Å². The van der Waals surface area contributed by atoms with Gasteiger partial charge < -0.3 is 27.1 Å². The minimum Gasteiger partial charge on any atom is -0.413 e. The van der Waals surface area contributed by atoms with E-state index in [-0.39, 0.29) is 5.78 Å². The zero-order valence-corrected chi connectivity index (χ0v) is 27.9. The van der Waals surface area contributed by atoms with Crippen LogP contribution in [0.4, 0.5) is 0 Å². The molecule has 12 heteroatoms. The van der Waals surface area contributed by atoms with E-state index in [0.29, 0.717) is 58.5 Å². The highest BCUT2D eigenvalue weighted by molar-refractivity contribution is 7.43. The fourth-order valence-electron chi connectivity index (χ4n) is 4.69. The highest BCUT2D eigenvalue weighted by atomic mass is 31.2. The minimum absolute atomic E-state index is 0.272. The van der Waals surface area contributed by atoms with Gasteiger partial charge in [-0.25, -0.2) is 0 Å². The molecule has 0 radical (unpaired) electrons. The van der Waals surface area contributed by atoms with Crippen molar-refractivity contribution in [3.8, 4) is 28.7 Å². The third kappa shape index (κ3) is 8.15. The number of nitrogens with zero attached hydrogens (tertiary/aromatic N) is 3. The van der Waals surface area contributed by atoms with Gasteiger partial charge in [0.25, 0.3) is 0 Å². The third-order valence-corrected chi connectivity index (χ3v) is 9.02. The number of rotatable bonds is 14. The quantitative estimate of drug-likeness (QED) is 0.0627. The molecule has 3 aromatic heterocycles. The SMILES string of the molecule is C/C=C\C=C(/CC)OP(Oc1cccnc1)Oc1cccc2c1C(=O)c1c(cccc1OP(Oc1cccnc1)Oc1cccnc1)C2. The Hall–Kier alpha value is -5.30. The van der Waals surface area contributed by atoms with Gasteiger partial charge in [-0.1, -0.05) is 43.3 Å². The molecular formula is C36H31N3O7P2. The van der Waals surface area contributed by atoms with Crippen molar-refractivity contribution in [1.82, 2.24) is 15.0 Å². The molecule has 48 heavy (non-hydrogen) atoms. The van der Waals surface area contributed by atoms with Crippen LogP contribution in [-0.2, 0) is 10.9 Å². The molecule has 0 saturated carbocycles. The van der Waals surface area contributed by atoms with E-state index in [2.05, 4.69) is 15.0 Å². The van der Waals surface area contributed by atoms with Gasteiger partial charge in [0.1, 0.15) is 34.5 Å². The minimum atomic E-state index is -2.08. The lowest BCUT2D eigenvalue weighted by atomic mass is 9.84. The number of hydrogen-bond donors (Lipinski definition) is 0. The second-order valence-corrected chi connectivity index (χ2v) is 12.1. The molecule has 1 atom stereocenters. The topological polar surface area (TPSA) is 111 Å². The molecule has 2 aromatic carbocycles. The van der Waals surface area contributed by atoms with Crippen molar-refractivity contribution in [2.75, 3.05) is 0 Å². The molecule has 0 amide bonds. The fraction of sp³-hybridized carbons (Fsp3) is 0.111. The number of aromatic nitrogens is 3. The summed E-state index contributed by atoms with van der Waals surface area (Å²) < 4.78 is 37.3. The third-order valence-electron chi connectivity index (χ3n) is 6.86. The van der Waals surface area contributed by atoms with Gasteiger partial charge in [0, 0.05) is 25.0 Å². The van der Waals surface area contributed by atoms with Gasteiger partial charge >= 0.3 is 17.2 Å². The fourth-order valence-corrected chi connectivity index (χ4v) is 6.76. The number of benzene rings is 2. The summed E-state index contributed by atoms with van der Waals surface area (Å²) in [5.41, 5.74) is 2.39. The highest BCUT2D eigenvalue weighted by Gasteiger charge is 2.33. The molecule has 0 N–H and O–H groups in total. The summed E-state index contributed by atoms with van der Waals surface area (Å²) in [6, 6.07) is 21.5. The van der Waals surface area contributed by atoms with E-state index >= 15 is 0 Å². The van der Waals surface area contributed by atoms with Crippen LogP contribution in [-0.4, -0.2) is 20.7 Å². The predicted molar refractivity (Wildman–Crippen MR) is 183 cm³/mol. The normalized spacial score (nSPS) is 13.0. The molecule has 0 aliphatic heterocycles. The second-order valence-electron chi connectivity index (χ2n) is 10.2. The van der Waals surface area contributed by atoms with E-state index in [4.69, 9.17) is 27.1 Å². The van der Waals surface area contributed by atoms with Gasteiger partial charge in [-0.2, -0.15) is 0 Å². The summed E-state index contributed by atoms with van der Waals surface area (Å²) in [6.07, 6.45) is 16.3. The van der Waals surface area contributed by atoms with Crippen molar-refractivity contribution in [3.05, 3.63) is 156 Å². The van der Waals surface area contributed by atoms with Crippen LogP contribution in [0.25, 0.3) is 0 Å². The van der Waals surface area contributed by atoms with Crippen molar-refractivity contribution < 1.29 is 31.9 Å². The van der Waals surface area contributed by atoms with Crippen molar-refractivity contribution in [2.24, 2.45) is 0 Å². The molecule has 10 nitrogen and oxygen atoms in total. The Kier molecular flexibility index (Phi) is 10.9. The second kappa shape index (κ2) is 16.0. The van der Waals surface area contributed by atoms with Crippen LogP contribution in [0.2, 0.25) is 0 Å². The Bertz CT molecular complexity index is 1850. The number of allylic oxidation sites excluding steroid dienone is 4. The van der Waals surface area contributed by atoms with Crippen molar-refractivity contribution in [3.63, 3.8) is 0 Å². The molecule has 5 aromatic rings. The van der Waals surface area contributed by atoms with E-state index in [1.807, 2.05) is 56.3 Å².